The van der Waals surface area contributed by atoms with Crippen LogP contribution in [0.15, 0.2) is 12.4 Å². The highest BCUT2D eigenvalue weighted by Gasteiger charge is 2.28. The molecule has 0 aliphatic carbocycles. The third kappa shape index (κ3) is 3.59. The first-order valence-corrected chi connectivity index (χ1v) is 7.16. The molecule has 2 rings (SSSR count). The number of carbonyl (C=O) groups is 1. The second kappa shape index (κ2) is 7.07. The number of aromatic nitrogens is 2. The van der Waals surface area contributed by atoms with E-state index in [4.69, 9.17) is 4.74 Å². The minimum absolute atomic E-state index is 0.505. The average Bonchev–Trinajstić information content (AvgIpc) is 2.71. The number of hydrogen-bond acceptors (Lipinski definition) is 5. The maximum Gasteiger partial charge on any atom is 0.326 e. The van der Waals surface area contributed by atoms with Crippen molar-refractivity contribution in [2.45, 2.75) is 45.1 Å². The fourth-order valence-electron chi connectivity index (χ4n) is 2.41. The normalized spacial score (nSPS) is 19.4. The molecule has 20 heavy (non-hydrogen) atoms. The van der Waals surface area contributed by atoms with E-state index in [0.717, 1.165) is 25.7 Å². The minimum Gasteiger partial charge on any atom is -0.480 e. The number of carboxylic acid groups (broad SMARTS) is 1. The summed E-state index contributed by atoms with van der Waals surface area (Å²) in [4.78, 5) is 21.6. The standard InChI is InChI=1S/C14H21N3O3/c1-2-8-20-13-9-12(15-10-16-13)17-7-5-3-4-6-11(17)14(18)19/h9-11H,2-8H2,1H3,(H,18,19). The van der Waals surface area contributed by atoms with E-state index >= 15 is 0 Å². The summed E-state index contributed by atoms with van der Waals surface area (Å²) < 4.78 is 5.49. The van der Waals surface area contributed by atoms with Crippen molar-refractivity contribution in [2.75, 3.05) is 18.1 Å². The monoisotopic (exact) mass is 279 g/mol. The number of rotatable bonds is 5. The molecule has 0 radical (unpaired) electrons. The third-order valence-electron chi connectivity index (χ3n) is 3.41. The van der Waals surface area contributed by atoms with Gasteiger partial charge in [0.15, 0.2) is 0 Å². The Morgan fingerprint density at radius 3 is 3.05 bits per heavy atom. The Balaban J connectivity index is 2.20. The van der Waals surface area contributed by atoms with E-state index in [9.17, 15) is 9.90 Å². The van der Waals surface area contributed by atoms with E-state index in [0.29, 0.717) is 31.3 Å². The van der Waals surface area contributed by atoms with Crippen LogP contribution in [0.2, 0.25) is 0 Å². The summed E-state index contributed by atoms with van der Waals surface area (Å²) in [6.45, 7) is 3.33. The molecule has 1 aliphatic rings. The Morgan fingerprint density at radius 1 is 1.45 bits per heavy atom. The first-order valence-electron chi connectivity index (χ1n) is 7.16. The molecule has 1 aromatic heterocycles. The Morgan fingerprint density at radius 2 is 2.30 bits per heavy atom. The molecule has 1 aromatic rings. The van der Waals surface area contributed by atoms with E-state index < -0.39 is 12.0 Å². The van der Waals surface area contributed by atoms with Gasteiger partial charge >= 0.3 is 5.97 Å². The highest BCUT2D eigenvalue weighted by molar-refractivity contribution is 5.77. The van der Waals surface area contributed by atoms with Crippen molar-refractivity contribution < 1.29 is 14.6 Å². The number of carboxylic acids is 1. The van der Waals surface area contributed by atoms with E-state index in [2.05, 4.69) is 9.97 Å². The fraction of sp³-hybridized carbons (Fsp3) is 0.643. The van der Waals surface area contributed by atoms with Crippen LogP contribution >= 0.6 is 0 Å². The number of aliphatic carboxylic acids is 1. The van der Waals surface area contributed by atoms with Crippen LogP contribution in [-0.2, 0) is 4.79 Å². The lowest BCUT2D eigenvalue weighted by atomic mass is 10.1. The van der Waals surface area contributed by atoms with E-state index in [1.54, 1.807) is 6.07 Å². The zero-order valence-electron chi connectivity index (χ0n) is 11.8. The summed E-state index contributed by atoms with van der Waals surface area (Å²) in [7, 11) is 0. The highest BCUT2D eigenvalue weighted by Crippen LogP contribution is 2.24. The summed E-state index contributed by atoms with van der Waals surface area (Å²) in [6.07, 6.45) is 5.98. The molecule has 1 N–H and O–H groups in total. The van der Waals surface area contributed by atoms with Gasteiger partial charge in [-0.2, -0.15) is 0 Å². The van der Waals surface area contributed by atoms with Crippen LogP contribution in [0, 0.1) is 0 Å². The summed E-state index contributed by atoms with van der Waals surface area (Å²) in [5.74, 6) is 0.354. The van der Waals surface area contributed by atoms with Crippen molar-refractivity contribution in [2.24, 2.45) is 0 Å². The number of anilines is 1. The summed E-state index contributed by atoms with van der Waals surface area (Å²) in [5.41, 5.74) is 0. The molecule has 0 aromatic carbocycles. The van der Waals surface area contributed by atoms with E-state index in [-0.39, 0.29) is 0 Å². The molecule has 6 heteroatoms. The van der Waals surface area contributed by atoms with Gasteiger partial charge in [0, 0.05) is 12.6 Å². The Hall–Kier alpha value is -1.85. The molecule has 1 saturated heterocycles. The molecular weight excluding hydrogens is 258 g/mol. The van der Waals surface area contributed by atoms with Gasteiger partial charge in [-0.1, -0.05) is 19.8 Å². The third-order valence-corrected chi connectivity index (χ3v) is 3.41. The molecule has 6 nitrogen and oxygen atoms in total. The van der Waals surface area contributed by atoms with Gasteiger partial charge in [-0.05, 0) is 19.3 Å². The van der Waals surface area contributed by atoms with Crippen LogP contribution in [0.3, 0.4) is 0 Å². The smallest absolute Gasteiger partial charge is 0.326 e. The molecule has 1 fully saturated rings. The Labute approximate surface area is 118 Å². The minimum atomic E-state index is -0.790. The molecule has 0 saturated carbocycles. The van der Waals surface area contributed by atoms with Crippen molar-refractivity contribution in [1.82, 2.24) is 9.97 Å². The largest absolute Gasteiger partial charge is 0.480 e. The van der Waals surface area contributed by atoms with Gasteiger partial charge in [0.1, 0.15) is 18.2 Å². The van der Waals surface area contributed by atoms with E-state index in [1.807, 2.05) is 11.8 Å². The number of ether oxygens (including phenoxy) is 1. The molecule has 0 amide bonds. The van der Waals surface area contributed by atoms with Crippen molar-refractivity contribution >= 4 is 11.8 Å². The van der Waals surface area contributed by atoms with Crippen LogP contribution in [0.5, 0.6) is 5.88 Å². The lowest BCUT2D eigenvalue weighted by Crippen LogP contribution is -2.41. The lowest BCUT2D eigenvalue weighted by molar-refractivity contribution is -0.138. The average molecular weight is 279 g/mol. The molecule has 1 aliphatic heterocycles. The van der Waals surface area contributed by atoms with Crippen molar-refractivity contribution in [3.05, 3.63) is 12.4 Å². The fourth-order valence-corrected chi connectivity index (χ4v) is 2.41. The topological polar surface area (TPSA) is 75.5 Å². The van der Waals surface area contributed by atoms with Gasteiger partial charge in [0.05, 0.1) is 6.61 Å². The van der Waals surface area contributed by atoms with Crippen LogP contribution in [-0.4, -0.2) is 40.2 Å². The molecule has 1 unspecified atom stereocenters. The maximum absolute atomic E-state index is 11.4. The Bertz CT molecular complexity index is 453. The van der Waals surface area contributed by atoms with Crippen LogP contribution in [0.1, 0.15) is 39.0 Å². The second-order valence-electron chi connectivity index (χ2n) is 4.96. The summed E-state index contributed by atoms with van der Waals surface area (Å²) in [5, 5.41) is 9.39. The number of nitrogens with zero attached hydrogens (tertiary/aromatic N) is 3. The lowest BCUT2D eigenvalue weighted by Gasteiger charge is -2.27. The van der Waals surface area contributed by atoms with Gasteiger partial charge in [-0.3, -0.25) is 0 Å². The highest BCUT2D eigenvalue weighted by atomic mass is 16.5. The summed E-state index contributed by atoms with van der Waals surface area (Å²) >= 11 is 0. The molecular formula is C14H21N3O3. The predicted molar refractivity (Wildman–Crippen MR) is 75.1 cm³/mol. The molecule has 2 heterocycles. The maximum atomic E-state index is 11.4. The molecule has 1 atom stereocenters. The van der Waals surface area contributed by atoms with Gasteiger partial charge in [-0.15, -0.1) is 0 Å². The van der Waals surface area contributed by atoms with Gasteiger partial charge in [0.2, 0.25) is 5.88 Å². The number of hydrogen-bond donors (Lipinski definition) is 1. The first-order chi connectivity index (χ1) is 9.72. The zero-order valence-corrected chi connectivity index (χ0v) is 11.8. The van der Waals surface area contributed by atoms with Crippen molar-refractivity contribution in [3.63, 3.8) is 0 Å². The first kappa shape index (κ1) is 14.6. The van der Waals surface area contributed by atoms with Gasteiger partial charge < -0.3 is 14.7 Å². The second-order valence-corrected chi connectivity index (χ2v) is 4.96. The quantitative estimate of drug-likeness (QED) is 0.889. The Kier molecular flexibility index (Phi) is 5.15. The molecule has 0 bridgehead atoms. The molecule has 0 spiro atoms. The van der Waals surface area contributed by atoms with Crippen molar-refractivity contribution in [3.8, 4) is 5.88 Å². The van der Waals surface area contributed by atoms with Gasteiger partial charge in [0.25, 0.3) is 0 Å². The van der Waals surface area contributed by atoms with Crippen LogP contribution < -0.4 is 9.64 Å². The summed E-state index contributed by atoms with van der Waals surface area (Å²) in [6, 6.07) is 1.23. The predicted octanol–water partition coefficient (Wildman–Crippen LogP) is 2.10. The molecule has 110 valence electrons. The van der Waals surface area contributed by atoms with Crippen LogP contribution in [0.25, 0.3) is 0 Å². The van der Waals surface area contributed by atoms with Crippen LogP contribution in [0.4, 0.5) is 5.82 Å². The zero-order chi connectivity index (χ0) is 14.4. The SMILES string of the molecule is CCCOc1cc(N2CCCCCC2C(=O)O)ncn1. The van der Waals surface area contributed by atoms with Gasteiger partial charge in [-0.25, -0.2) is 14.8 Å². The van der Waals surface area contributed by atoms with E-state index in [1.165, 1.54) is 6.33 Å². The van der Waals surface area contributed by atoms with Crippen molar-refractivity contribution in [1.29, 1.82) is 0 Å².